The molecule has 0 unspecified atom stereocenters. The molecular weight excluding hydrogens is 314 g/mol. The van der Waals surface area contributed by atoms with Crippen molar-refractivity contribution in [3.8, 4) is 11.3 Å². The van der Waals surface area contributed by atoms with Crippen molar-refractivity contribution in [1.29, 1.82) is 0 Å². The molecule has 0 aromatic carbocycles. The first-order chi connectivity index (χ1) is 12.3. The molecule has 122 valence electrons. The van der Waals surface area contributed by atoms with E-state index in [0.717, 1.165) is 22.2 Å². The van der Waals surface area contributed by atoms with Crippen LogP contribution in [0.5, 0.6) is 0 Å². The summed E-state index contributed by atoms with van der Waals surface area (Å²) in [5.74, 6) is 0.0771. The van der Waals surface area contributed by atoms with Gasteiger partial charge in [0, 0.05) is 47.6 Å². The van der Waals surface area contributed by atoms with Crippen LogP contribution < -0.4 is 0 Å². The molecule has 4 aromatic rings. The second-order valence-corrected chi connectivity index (χ2v) is 5.76. The van der Waals surface area contributed by atoms with Gasteiger partial charge in [-0.2, -0.15) is 0 Å². The fourth-order valence-corrected chi connectivity index (χ4v) is 2.67. The lowest BCUT2D eigenvalue weighted by Crippen LogP contribution is -2.12. The van der Waals surface area contributed by atoms with Crippen molar-refractivity contribution >= 4 is 16.7 Å². The van der Waals surface area contributed by atoms with Gasteiger partial charge in [-0.05, 0) is 30.3 Å². The molecule has 4 rings (SSSR count). The molecule has 6 heteroatoms. The van der Waals surface area contributed by atoms with Crippen LogP contribution in [0.15, 0.2) is 67.6 Å². The molecule has 0 amide bonds. The number of rotatable bonds is 5. The number of nitrogens with zero attached hydrogens (tertiary/aromatic N) is 5. The first kappa shape index (κ1) is 15.1. The number of ketones is 1. The van der Waals surface area contributed by atoms with Crippen molar-refractivity contribution in [3.05, 3.63) is 73.3 Å². The van der Waals surface area contributed by atoms with Gasteiger partial charge in [0.15, 0.2) is 5.78 Å². The maximum absolute atomic E-state index is 12.2. The topological polar surface area (TPSA) is 73.6 Å². The molecule has 4 heterocycles. The van der Waals surface area contributed by atoms with E-state index >= 15 is 0 Å². The number of Topliss-reactive ketones (excluding diaryl/α,β-unsaturated/α-hetero) is 1. The molecule has 4 aromatic heterocycles. The highest BCUT2D eigenvalue weighted by atomic mass is 16.1. The zero-order valence-corrected chi connectivity index (χ0v) is 13.4. The third-order valence-corrected chi connectivity index (χ3v) is 3.88. The monoisotopic (exact) mass is 329 g/mol. The largest absolute Gasteiger partial charge is 0.330 e. The summed E-state index contributed by atoms with van der Waals surface area (Å²) in [6, 6.07) is 9.66. The van der Waals surface area contributed by atoms with Crippen LogP contribution in [-0.2, 0) is 17.8 Å². The lowest BCUT2D eigenvalue weighted by atomic mass is 10.1. The maximum atomic E-state index is 12.2. The van der Waals surface area contributed by atoms with E-state index in [4.69, 9.17) is 0 Å². The Hall–Kier alpha value is -3.41. The van der Waals surface area contributed by atoms with Crippen LogP contribution in [0.1, 0.15) is 5.69 Å². The van der Waals surface area contributed by atoms with E-state index < -0.39 is 0 Å². The number of hydrogen-bond donors (Lipinski definition) is 0. The Kier molecular flexibility index (Phi) is 4.00. The predicted octanol–water partition coefficient (Wildman–Crippen LogP) is 2.70. The Balaban J connectivity index is 1.59. The minimum atomic E-state index is 0.0771. The summed E-state index contributed by atoms with van der Waals surface area (Å²) >= 11 is 0. The van der Waals surface area contributed by atoms with Gasteiger partial charge in [-0.25, -0.2) is 9.97 Å². The first-order valence-corrected chi connectivity index (χ1v) is 7.91. The minimum absolute atomic E-state index is 0.0771. The smallest absolute Gasteiger partial charge is 0.158 e. The molecular formula is C19H15N5O. The quantitative estimate of drug-likeness (QED) is 0.563. The second kappa shape index (κ2) is 6.60. The number of hydrogen-bond acceptors (Lipinski definition) is 5. The van der Waals surface area contributed by atoms with Crippen LogP contribution in [0.3, 0.4) is 0 Å². The van der Waals surface area contributed by atoms with Gasteiger partial charge in [-0.3, -0.25) is 14.8 Å². The summed E-state index contributed by atoms with van der Waals surface area (Å²) in [5.41, 5.74) is 3.34. The number of carbonyl (C=O) groups is 1. The van der Waals surface area contributed by atoms with E-state index in [9.17, 15) is 4.79 Å². The highest BCUT2D eigenvalue weighted by Crippen LogP contribution is 2.20. The van der Waals surface area contributed by atoms with Crippen molar-refractivity contribution in [3.63, 3.8) is 0 Å². The van der Waals surface area contributed by atoms with Gasteiger partial charge in [-0.1, -0.05) is 0 Å². The highest BCUT2D eigenvalue weighted by Gasteiger charge is 2.08. The minimum Gasteiger partial charge on any atom is -0.330 e. The fraction of sp³-hybridized carbons (Fsp3) is 0.105. The fourth-order valence-electron chi connectivity index (χ4n) is 2.67. The summed E-state index contributed by atoms with van der Waals surface area (Å²) in [4.78, 5) is 29.3. The lowest BCUT2D eigenvalue weighted by molar-refractivity contribution is -0.119. The van der Waals surface area contributed by atoms with E-state index in [0.29, 0.717) is 12.2 Å². The average Bonchev–Trinajstić information content (AvgIpc) is 3.14. The van der Waals surface area contributed by atoms with Crippen LogP contribution in [0.2, 0.25) is 0 Å². The molecule has 0 saturated heterocycles. The van der Waals surface area contributed by atoms with Crippen LogP contribution in [-0.4, -0.2) is 30.3 Å². The molecule has 0 spiro atoms. The summed E-state index contributed by atoms with van der Waals surface area (Å²) in [7, 11) is 0. The number of fused-ring (bicyclic) bond motifs is 1. The van der Waals surface area contributed by atoms with Crippen molar-refractivity contribution in [2.45, 2.75) is 13.0 Å². The number of pyridine rings is 3. The van der Waals surface area contributed by atoms with E-state index in [-0.39, 0.29) is 12.2 Å². The zero-order chi connectivity index (χ0) is 17.1. The third kappa shape index (κ3) is 3.42. The molecule has 0 aliphatic rings. The van der Waals surface area contributed by atoms with Crippen LogP contribution in [0.4, 0.5) is 0 Å². The van der Waals surface area contributed by atoms with Gasteiger partial charge in [0.2, 0.25) is 0 Å². The van der Waals surface area contributed by atoms with Crippen molar-refractivity contribution < 1.29 is 4.79 Å². The summed E-state index contributed by atoms with van der Waals surface area (Å²) in [6.45, 7) is 0.295. The van der Waals surface area contributed by atoms with Crippen LogP contribution in [0, 0.1) is 0 Å². The average molecular weight is 329 g/mol. The van der Waals surface area contributed by atoms with E-state index in [1.54, 1.807) is 41.9 Å². The molecule has 0 aliphatic heterocycles. The van der Waals surface area contributed by atoms with Gasteiger partial charge in [0.25, 0.3) is 0 Å². The van der Waals surface area contributed by atoms with Crippen LogP contribution in [0.25, 0.3) is 22.2 Å². The zero-order valence-electron chi connectivity index (χ0n) is 13.4. The lowest BCUT2D eigenvalue weighted by Gasteiger charge is -2.05. The summed E-state index contributed by atoms with van der Waals surface area (Å²) in [5, 5.41) is 0.943. The molecule has 0 N–H and O–H groups in total. The van der Waals surface area contributed by atoms with Gasteiger partial charge in [0.1, 0.15) is 0 Å². The van der Waals surface area contributed by atoms with E-state index in [1.165, 1.54) is 0 Å². The number of aromatic nitrogens is 5. The molecule has 25 heavy (non-hydrogen) atoms. The van der Waals surface area contributed by atoms with Gasteiger partial charge in [-0.15, -0.1) is 0 Å². The van der Waals surface area contributed by atoms with Crippen molar-refractivity contribution in [1.82, 2.24) is 24.5 Å². The second-order valence-electron chi connectivity index (χ2n) is 5.76. The summed E-state index contributed by atoms with van der Waals surface area (Å²) in [6.07, 6.45) is 10.6. The molecule has 0 bridgehead atoms. The first-order valence-electron chi connectivity index (χ1n) is 7.91. The molecule has 0 atom stereocenters. The molecule has 0 radical (unpaired) electrons. The SMILES string of the molecule is O=C(Cc1cc2nc(-c3cccnc3)ccc2cn1)Cn1ccnc1. The van der Waals surface area contributed by atoms with Gasteiger partial charge < -0.3 is 4.57 Å². The van der Waals surface area contributed by atoms with Crippen LogP contribution >= 0.6 is 0 Å². The molecule has 0 aliphatic carbocycles. The van der Waals surface area contributed by atoms with E-state index in [2.05, 4.69) is 19.9 Å². The summed E-state index contributed by atoms with van der Waals surface area (Å²) < 4.78 is 1.75. The van der Waals surface area contributed by atoms with Gasteiger partial charge in [0.05, 0.1) is 30.5 Å². The number of carbonyl (C=O) groups excluding carboxylic acids is 1. The van der Waals surface area contributed by atoms with Crippen molar-refractivity contribution in [2.24, 2.45) is 0 Å². The Morgan fingerprint density at radius 1 is 1.08 bits per heavy atom. The Labute approximate surface area is 144 Å². The standard InChI is InChI=1S/C19H15N5O/c25-17(12-24-7-6-21-13-24)8-16-9-19-15(11-22-16)3-4-18(23-19)14-2-1-5-20-10-14/h1-7,9-11,13H,8,12H2. The normalized spacial score (nSPS) is 10.9. The number of imidazole rings is 1. The highest BCUT2D eigenvalue weighted by molar-refractivity contribution is 5.84. The molecule has 0 saturated carbocycles. The Morgan fingerprint density at radius 3 is 2.84 bits per heavy atom. The Bertz CT molecular complexity index is 1010. The van der Waals surface area contributed by atoms with Gasteiger partial charge >= 0.3 is 0 Å². The molecule has 6 nitrogen and oxygen atoms in total. The van der Waals surface area contributed by atoms with Crippen molar-refractivity contribution in [2.75, 3.05) is 0 Å². The third-order valence-electron chi connectivity index (χ3n) is 3.88. The Morgan fingerprint density at radius 2 is 2.04 bits per heavy atom. The molecule has 0 fully saturated rings. The maximum Gasteiger partial charge on any atom is 0.158 e. The van der Waals surface area contributed by atoms with E-state index in [1.807, 2.05) is 30.3 Å². The predicted molar refractivity (Wildman–Crippen MR) is 93.7 cm³/mol.